The number of hydrogen-bond donors (Lipinski definition) is 1. The van der Waals surface area contributed by atoms with Gasteiger partial charge in [-0.1, -0.05) is 23.7 Å². The van der Waals surface area contributed by atoms with E-state index < -0.39 is 0 Å². The Morgan fingerprint density at radius 3 is 2.69 bits per heavy atom. The van der Waals surface area contributed by atoms with Crippen LogP contribution >= 0.6 is 11.6 Å². The van der Waals surface area contributed by atoms with Gasteiger partial charge in [-0.3, -0.25) is 4.84 Å². The molecule has 0 aliphatic heterocycles. The molecule has 0 spiro atoms. The van der Waals surface area contributed by atoms with E-state index in [0.29, 0.717) is 17.4 Å². The Balaban J connectivity index is 3.13. The highest BCUT2D eigenvalue weighted by Gasteiger charge is 2.09. The lowest BCUT2D eigenvalue weighted by Crippen LogP contribution is -2.01. The molecule has 4 heteroatoms. The molecular weight excluding hydrogens is 190 g/mol. The van der Waals surface area contributed by atoms with E-state index in [9.17, 15) is 0 Å². The fourth-order valence-electron chi connectivity index (χ4n) is 1.12. The van der Waals surface area contributed by atoms with Gasteiger partial charge in [-0.05, 0) is 12.5 Å². The maximum atomic E-state index is 6.01. The minimum absolute atomic E-state index is 0.295. The van der Waals surface area contributed by atoms with Crippen molar-refractivity contribution in [2.24, 2.45) is 5.90 Å². The van der Waals surface area contributed by atoms with Gasteiger partial charge < -0.3 is 4.74 Å². The molecular formula is C9H12ClNO2. The Morgan fingerprint density at radius 1 is 1.46 bits per heavy atom. The topological polar surface area (TPSA) is 44.5 Å². The summed E-state index contributed by atoms with van der Waals surface area (Å²) >= 11 is 6.01. The highest BCUT2D eigenvalue weighted by molar-refractivity contribution is 6.32. The normalized spacial score (nSPS) is 10.2. The van der Waals surface area contributed by atoms with Gasteiger partial charge in [-0.15, -0.1) is 0 Å². The number of nitrogens with two attached hydrogens (primary N) is 1. The first-order valence-corrected chi connectivity index (χ1v) is 4.22. The van der Waals surface area contributed by atoms with Gasteiger partial charge >= 0.3 is 0 Å². The zero-order valence-corrected chi connectivity index (χ0v) is 8.39. The van der Waals surface area contributed by atoms with Crippen LogP contribution < -0.4 is 10.6 Å². The van der Waals surface area contributed by atoms with Gasteiger partial charge in [-0.2, -0.15) is 0 Å². The molecule has 0 fully saturated rings. The molecule has 2 N–H and O–H groups in total. The summed E-state index contributed by atoms with van der Waals surface area (Å²) in [6.07, 6.45) is 0. The molecule has 0 radical (unpaired) electrons. The molecule has 0 atom stereocenters. The quantitative estimate of drug-likeness (QED) is 0.762. The highest BCUT2D eigenvalue weighted by Crippen LogP contribution is 2.31. The van der Waals surface area contributed by atoms with Crippen molar-refractivity contribution in [3.05, 3.63) is 28.3 Å². The molecule has 0 saturated carbocycles. The largest absolute Gasteiger partial charge is 0.495 e. The van der Waals surface area contributed by atoms with E-state index in [-0.39, 0.29) is 0 Å². The lowest BCUT2D eigenvalue weighted by molar-refractivity contribution is 0.122. The molecule has 0 aromatic heterocycles. The predicted molar refractivity (Wildman–Crippen MR) is 51.7 cm³/mol. The average molecular weight is 202 g/mol. The van der Waals surface area contributed by atoms with Crippen LogP contribution in [-0.4, -0.2) is 7.11 Å². The molecule has 1 rings (SSSR count). The minimum Gasteiger partial charge on any atom is -0.495 e. The fourth-order valence-corrected chi connectivity index (χ4v) is 1.38. The number of rotatable bonds is 3. The zero-order chi connectivity index (χ0) is 9.84. The Labute approximate surface area is 82.4 Å². The van der Waals surface area contributed by atoms with E-state index in [4.69, 9.17) is 22.2 Å². The van der Waals surface area contributed by atoms with E-state index in [0.717, 1.165) is 11.1 Å². The van der Waals surface area contributed by atoms with Crippen LogP contribution in [-0.2, 0) is 11.4 Å². The first-order chi connectivity index (χ1) is 6.20. The number of methoxy groups -OCH3 is 1. The van der Waals surface area contributed by atoms with Gasteiger partial charge in [0.25, 0.3) is 0 Å². The Kier molecular flexibility index (Phi) is 3.54. The van der Waals surface area contributed by atoms with E-state index in [1.54, 1.807) is 7.11 Å². The summed E-state index contributed by atoms with van der Waals surface area (Å²) in [4.78, 5) is 4.53. The summed E-state index contributed by atoms with van der Waals surface area (Å²) in [7, 11) is 1.57. The van der Waals surface area contributed by atoms with Crippen molar-refractivity contribution in [3.63, 3.8) is 0 Å². The lowest BCUT2D eigenvalue weighted by atomic mass is 10.1. The van der Waals surface area contributed by atoms with Crippen LogP contribution in [0, 0.1) is 6.92 Å². The van der Waals surface area contributed by atoms with Crippen LogP contribution in [0.2, 0.25) is 5.02 Å². The molecule has 1 aromatic rings. The molecule has 3 nitrogen and oxygen atoms in total. The first kappa shape index (κ1) is 10.3. The monoisotopic (exact) mass is 201 g/mol. The maximum Gasteiger partial charge on any atom is 0.143 e. The molecule has 72 valence electrons. The molecule has 1 aromatic carbocycles. The smallest absolute Gasteiger partial charge is 0.143 e. The molecule has 13 heavy (non-hydrogen) atoms. The first-order valence-electron chi connectivity index (χ1n) is 3.84. The fraction of sp³-hybridized carbons (Fsp3) is 0.333. The summed E-state index contributed by atoms with van der Waals surface area (Å²) in [6, 6.07) is 3.78. The van der Waals surface area contributed by atoms with E-state index in [2.05, 4.69) is 4.84 Å². The Hall–Kier alpha value is -0.770. The van der Waals surface area contributed by atoms with E-state index in [1.807, 2.05) is 19.1 Å². The van der Waals surface area contributed by atoms with Crippen molar-refractivity contribution >= 4 is 11.6 Å². The highest BCUT2D eigenvalue weighted by atomic mass is 35.5. The zero-order valence-electron chi connectivity index (χ0n) is 7.63. The number of benzene rings is 1. The Bertz CT molecular complexity index is 302. The van der Waals surface area contributed by atoms with Crippen molar-refractivity contribution in [2.45, 2.75) is 13.5 Å². The summed E-state index contributed by atoms with van der Waals surface area (Å²) in [5, 5.41) is 0.608. The van der Waals surface area contributed by atoms with Crippen LogP contribution in [0.15, 0.2) is 12.1 Å². The van der Waals surface area contributed by atoms with Gasteiger partial charge in [0.05, 0.1) is 18.7 Å². The van der Waals surface area contributed by atoms with Crippen molar-refractivity contribution < 1.29 is 9.57 Å². The summed E-state index contributed by atoms with van der Waals surface area (Å²) < 4.78 is 5.14. The van der Waals surface area contributed by atoms with Gasteiger partial charge in [0.1, 0.15) is 5.75 Å². The standard InChI is InChI=1S/C9H12ClNO2/c1-6-3-4-7(5-13-11)9(12-2)8(6)10/h3-4H,5,11H2,1-2H3. The van der Waals surface area contributed by atoms with Crippen LogP contribution in [0.4, 0.5) is 0 Å². The summed E-state index contributed by atoms with van der Waals surface area (Å²) in [6.45, 7) is 2.21. The van der Waals surface area contributed by atoms with Gasteiger partial charge in [0.15, 0.2) is 0 Å². The van der Waals surface area contributed by atoms with Crippen molar-refractivity contribution in [1.82, 2.24) is 0 Å². The second-order valence-electron chi connectivity index (χ2n) is 2.70. The second-order valence-corrected chi connectivity index (χ2v) is 3.08. The van der Waals surface area contributed by atoms with Crippen molar-refractivity contribution in [2.75, 3.05) is 7.11 Å². The molecule has 0 aliphatic carbocycles. The van der Waals surface area contributed by atoms with Crippen molar-refractivity contribution in [3.8, 4) is 5.75 Å². The third-order valence-electron chi connectivity index (χ3n) is 1.81. The van der Waals surface area contributed by atoms with Gasteiger partial charge in [-0.25, -0.2) is 5.90 Å². The minimum atomic E-state index is 0.295. The van der Waals surface area contributed by atoms with Crippen molar-refractivity contribution in [1.29, 1.82) is 0 Å². The molecule has 0 aliphatic rings. The van der Waals surface area contributed by atoms with Crippen LogP contribution in [0.25, 0.3) is 0 Å². The molecule has 0 unspecified atom stereocenters. The average Bonchev–Trinajstić information content (AvgIpc) is 2.12. The van der Waals surface area contributed by atoms with E-state index in [1.165, 1.54) is 0 Å². The molecule has 0 bridgehead atoms. The number of aryl methyl sites for hydroxylation is 1. The second kappa shape index (κ2) is 4.46. The third kappa shape index (κ3) is 2.12. The number of halogens is 1. The van der Waals surface area contributed by atoms with Crippen LogP contribution in [0.5, 0.6) is 5.75 Å². The van der Waals surface area contributed by atoms with E-state index >= 15 is 0 Å². The molecule has 0 saturated heterocycles. The maximum absolute atomic E-state index is 6.01. The summed E-state index contributed by atoms with van der Waals surface area (Å²) in [5.41, 5.74) is 1.82. The third-order valence-corrected chi connectivity index (χ3v) is 2.28. The molecule has 0 amide bonds. The molecule has 0 heterocycles. The van der Waals surface area contributed by atoms with Crippen LogP contribution in [0.1, 0.15) is 11.1 Å². The Morgan fingerprint density at radius 2 is 2.15 bits per heavy atom. The van der Waals surface area contributed by atoms with Gasteiger partial charge in [0.2, 0.25) is 0 Å². The number of ether oxygens (including phenoxy) is 1. The number of hydrogen-bond acceptors (Lipinski definition) is 3. The van der Waals surface area contributed by atoms with Crippen LogP contribution in [0.3, 0.4) is 0 Å². The predicted octanol–water partition coefficient (Wildman–Crippen LogP) is 2.05. The van der Waals surface area contributed by atoms with Gasteiger partial charge in [0, 0.05) is 5.56 Å². The summed E-state index contributed by atoms with van der Waals surface area (Å²) in [5.74, 6) is 5.61. The lowest BCUT2D eigenvalue weighted by Gasteiger charge is -2.10. The SMILES string of the molecule is COc1c(CON)ccc(C)c1Cl.